The van der Waals surface area contributed by atoms with Gasteiger partial charge in [0.25, 0.3) is 0 Å². The molecular weight excluding hydrogens is 674 g/mol. The molecule has 10 heteroatoms. The summed E-state index contributed by atoms with van der Waals surface area (Å²) in [5.74, 6) is -0.0984. The first-order chi connectivity index (χ1) is 26.2. The Balaban J connectivity index is 0.977. The van der Waals surface area contributed by atoms with Gasteiger partial charge < -0.3 is 38.5 Å². The highest BCUT2D eigenvalue weighted by atomic mass is 16.6. The van der Waals surface area contributed by atoms with Crippen LogP contribution in [0.15, 0.2) is 48.5 Å². The van der Waals surface area contributed by atoms with E-state index in [1.807, 2.05) is 24.3 Å². The van der Waals surface area contributed by atoms with E-state index in [1.165, 1.54) is 92.9 Å². The Hall–Kier alpha value is -3.02. The van der Waals surface area contributed by atoms with Crippen molar-refractivity contribution < 1.29 is 42.7 Å². The summed E-state index contributed by atoms with van der Waals surface area (Å²) in [4.78, 5) is 24.1. The van der Waals surface area contributed by atoms with Gasteiger partial charge in [0.05, 0.1) is 66.1 Å². The van der Waals surface area contributed by atoms with Crippen LogP contribution in [0, 0.1) is 0 Å². The number of benzene rings is 2. The predicted octanol–water partition coefficient (Wildman–Crippen LogP) is 8.63. The summed E-state index contributed by atoms with van der Waals surface area (Å²) in [7, 11) is 0. The molecule has 53 heavy (non-hydrogen) atoms. The normalized spacial score (nSPS) is 12.1. The third kappa shape index (κ3) is 20.3. The van der Waals surface area contributed by atoms with Crippen LogP contribution in [0.5, 0.6) is 0 Å². The van der Waals surface area contributed by atoms with Gasteiger partial charge in [0.1, 0.15) is 13.2 Å². The SMILES string of the molecule is CCCCCCCCCCCCCCCC(=O)OCCOCCOCCOCCOCCOCCNC(=O)OCC1c2ccccc2-c2ccccc21. The smallest absolute Gasteiger partial charge is 0.407 e. The highest BCUT2D eigenvalue weighted by molar-refractivity contribution is 5.79. The van der Waals surface area contributed by atoms with E-state index in [2.05, 4.69) is 36.5 Å². The molecule has 0 spiro atoms. The lowest BCUT2D eigenvalue weighted by atomic mass is 9.98. The molecule has 0 fully saturated rings. The zero-order valence-electron chi connectivity index (χ0n) is 32.5. The topological polar surface area (TPSA) is 111 Å². The Kier molecular flexibility index (Phi) is 25.4. The maximum absolute atomic E-state index is 12.2. The van der Waals surface area contributed by atoms with Crippen molar-refractivity contribution in [2.45, 2.75) is 103 Å². The number of amides is 1. The van der Waals surface area contributed by atoms with Gasteiger partial charge in [0.15, 0.2) is 0 Å². The maximum Gasteiger partial charge on any atom is 0.407 e. The first-order valence-corrected chi connectivity index (χ1v) is 20.3. The zero-order chi connectivity index (χ0) is 37.4. The summed E-state index contributed by atoms with van der Waals surface area (Å²) in [6.07, 6.45) is 16.8. The molecule has 0 atom stereocenters. The second-order valence-electron chi connectivity index (χ2n) is 13.5. The van der Waals surface area contributed by atoms with Crippen LogP contribution in [0.4, 0.5) is 4.79 Å². The number of nitrogens with one attached hydrogen (secondary N) is 1. The van der Waals surface area contributed by atoms with Gasteiger partial charge in [-0.25, -0.2) is 4.79 Å². The number of fused-ring (bicyclic) bond motifs is 3. The Morgan fingerprint density at radius 1 is 0.509 bits per heavy atom. The minimum atomic E-state index is -0.451. The number of unbranched alkanes of at least 4 members (excludes halogenated alkanes) is 12. The number of carbonyl (C=O) groups is 2. The molecule has 298 valence electrons. The fourth-order valence-electron chi connectivity index (χ4n) is 6.43. The van der Waals surface area contributed by atoms with E-state index in [4.69, 9.17) is 33.2 Å². The molecule has 1 N–H and O–H groups in total. The van der Waals surface area contributed by atoms with Crippen LogP contribution in [-0.4, -0.2) is 97.9 Å². The van der Waals surface area contributed by atoms with Crippen molar-refractivity contribution in [3.8, 4) is 11.1 Å². The minimum absolute atomic E-state index is 0.0385. The Labute approximate surface area is 318 Å². The molecule has 1 amide bonds. The summed E-state index contributed by atoms with van der Waals surface area (Å²) in [5, 5.41) is 2.75. The predicted molar refractivity (Wildman–Crippen MR) is 208 cm³/mol. The molecule has 0 heterocycles. The summed E-state index contributed by atoms with van der Waals surface area (Å²) in [6, 6.07) is 16.5. The maximum atomic E-state index is 12.2. The standard InChI is InChI=1S/C43H67NO9/c1-2-3-4-5-6-7-8-9-10-11-12-13-14-23-42(45)52-35-34-51-33-32-50-31-30-49-29-28-48-27-26-47-25-24-44-43(46)53-36-41-39-21-17-15-19-37(39)38-20-16-18-22-40(38)41/h15-22,41H,2-14,23-36H2,1H3,(H,44,46). The van der Waals surface area contributed by atoms with Crippen molar-refractivity contribution in [1.29, 1.82) is 0 Å². The van der Waals surface area contributed by atoms with Gasteiger partial charge in [-0.2, -0.15) is 0 Å². The van der Waals surface area contributed by atoms with Crippen LogP contribution in [0.25, 0.3) is 11.1 Å². The van der Waals surface area contributed by atoms with Crippen molar-refractivity contribution in [3.05, 3.63) is 59.7 Å². The van der Waals surface area contributed by atoms with Gasteiger partial charge in [0.2, 0.25) is 0 Å². The zero-order valence-corrected chi connectivity index (χ0v) is 32.5. The molecule has 1 aliphatic carbocycles. The third-order valence-electron chi connectivity index (χ3n) is 9.32. The van der Waals surface area contributed by atoms with E-state index in [0.29, 0.717) is 79.0 Å². The quantitative estimate of drug-likeness (QED) is 0.0557. The molecule has 0 saturated carbocycles. The van der Waals surface area contributed by atoms with Crippen LogP contribution in [0.1, 0.15) is 114 Å². The summed E-state index contributed by atoms with van der Waals surface area (Å²) < 4.78 is 38.3. The van der Waals surface area contributed by atoms with E-state index in [1.54, 1.807) is 0 Å². The molecular formula is C43H67NO9. The molecule has 10 nitrogen and oxygen atoms in total. The fourth-order valence-corrected chi connectivity index (χ4v) is 6.43. The highest BCUT2D eigenvalue weighted by Gasteiger charge is 2.28. The number of alkyl carbamates (subject to hydrolysis) is 1. The van der Waals surface area contributed by atoms with Gasteiger partial charge in [-0.15, -0.1) is 0 Å². The van der Waals surface area contributed by atoms with Crippen LogP contribution in [0.3, 0.4) is 0 Å². The largest absolute Gasteiger partial charge is 0.463 e. The summed E-state index contributed by atoms with van der Waals surface area (Å²) in [6.45, 7) is 7.58. The number of carbonyl (C=O) groups excluding carboxylic acids is 2. The van der Waals surface area contributed by atoms with Crippen LogP contribution < -0.4 is 5.32 Å². The van der Waals surface area contributed by atoms with Crippen LogP contribution >= 0.6 is 0 Å². The Morgan fingerprint density at radius 2 is 0.925 bits per heavy atom. The van der Waals surface area contributed by atoms with Gasteiger partial charge in [-0.1, -0.05) is 133 Å². The van der Waals surface area contributed by atoms with E-state index in [-0.39, 0.29) is 25.1 Å². The van der Waals surface area contributed by atoms with Crippen molar-refractivity contribution in [2.24, 2.45) is 0 Å². The molecule has 0 aliphatic heterocycles. The first kappa shape index (κ1) is 44.4. The average molecular weight is 742 g/mol. The minimum Gasteiger partial charge on any atom is -0.463 e. The molecule has 2 aromatic rings. The third-order valence-corrected chi connectivity index (χ3v) is 9.32. The lowest BCUT2D eigenvalue weighted by molar-refractivity contribution is -0.145. The van der Waals surface area contributed by atoms with Crippen LogP contribution in [-0.2, 0) is 38.0 Å². The Morgan fingerprint density at radius 3 is 1.42 bits per heavy atom. The van der Waals surface area contributed by atoms with E-state index >= 15 is 0 Å². The van der Waals surface area contributed by atoms with Crippen molar-refractivity contribution in [3.63, 3.8) is 0 Å². The number of hydrogen-bond donors (Lipinski definition) is 1. The molecule has 3 rings (SSSR count). The van der Waals surface area contributed by atoms with Crippen molar-refractivity contribution >= 4 is 12.1 Å². The Bertz CT molecular complexity index is 1180. The molecule has 0 bridgehead atoms. The first-order valence-electron chi connectivity index (χ1n) is 20.3. The number of rotatable bonds is 34. The number of hydrogen-bond acceptors (Lipinski definition) is 9. The highest BCUT2D eigenvalue weighted by Crippen LogP contribution is 2.44. The van der Waals surface area contributed by atoms with Crippen molar-refractivity contribution in [1.82, 2.24) is 5.32 Å². The van der Waals surface area contributed by atoms with Crippen LogP contribution in [0.2, 0.25) is 0 Å². The molecule has 0 radical (unpaired) electrons. The second kappa shape index (κ2) is 30.3. The van der Waals surface area contributed by atoms with E-state index < -0.39 is 6.09 Å². The molecule has 0 saturated heterocycles. The summed E-state index contributed by atoms with van der Waals surface area (Å²) >= 11 is 0. The van der Waals surface area contributed by atoms with Gasteiger partial charge in [-0.3, -0.25) is 4.79 Å². The average Bonchev–Trinajstić information content (AvgIpc) is 3.50. The van der Waals surface area contributed by atoms with Gasteiger partial charge >= 0.3 is 12.1 Å². The van der Waals surface area contributed by atoms with Gasteiger partial charge in [0, 0.05) is 18.9 Å². The molecule has 0 aromatic heterocycles. The lowest BCUT2D eigenvalue weighted by Gasteiger charge is -2.14. The molecule has 2 aromatic carbocycles. The van der Waals surface area contributed by atoms with Gasteiger partial charge in [-0.05, 0) is 28.7 Å². The van der Waals surface area contributed by atoms with E-state index in [9.17, 15) is 9.59 Å². The fraction of sp³-hybridized carbons (Fsp3) is 0.674. The molecule has 0 unspecified atom stereocenters. The number of esters is 1. The number of ether oxygens (including phenoxy) is 7. The van der Waals surface area contributed by atoms with Crippen molar-refractivity contribution in [2.75, 3.05) is 85.8 Å². The molecule has 1 aliphatic rings. The second-order valence-corrected chi connectivity index (χ2v) is 13.5. The van der Waals surface area contributed by atoms with E-state index in [0.717, 1.165) is 12.8 Å². The lowest BCUT2D eigenvalue weighted by Crippen LogP contribution is -2.29. The summed E-state index contributed by atoms with van der Waals surface area (Å²) in [5.41, 5.74) is 4.78. The monoisotopic (exact) mass is 741 g/mol.